The lowest BCUT2D eigenvalue weighted by molar-refractivity contribution is -0.660. The summed E-state index contributed by atoms with van der Waals surface area (Å²) >= 11 is 0. The van der Waals surface area contributed by atoms with E-state index in [0.717, 1.165) is 6.54 Å². The smallest absolute Gasteiger partial charge is 0.187 e. The van der Waals surface area contributed by atoms with E-state index in [-0.39, 0.29) is 0 Å². The third kappa shape index (κ3) is 1.62. The Morgan fingerprint density at radius 1 is 0.818 bits per heavy atom. The number of rotatable bonds is 1. The van der Waals surface area contributed by atoms with Crippen LogP contribution in [0.2, 0.25) is 0 Å². The van der Waals surface area contributed by atoms with Gasteiger partial charge in [-0.25, -0.2) is 0 Å². The van der Waals surface area contributed by atoms with Crippen molar-refractivity contribution in [2.24, 2.45) is 0 Å². The van der Waals surface area contributed by atoms with Gasteiger partial charge in [0.2, 0.25) is 11.2 Å². The van der Waals surface area contributed by atoms with E-state index >= 15 is 0 Å². The number of fused-ring (bicyclic) bond motifs is 4. The van der Waals surface area contributed by atoms with Crippen LogP contribution in [0.5, 0.6) is 0 Å². The first-order valence-electron chi connectivity index (χ1n) is 8.14. The van der Waals surface area contributed by atoms with Crippen molar-refractivity contribution in [2.45, 2.75) is 25.8 Å². The first kappa shape index (κ1) is 12.2. The molecule has 2 aromatic carbocycles. The van der Waals surface area contributed by atoms with E-state index < -0.39 is 0 Å². The molecule has 0 bridgehead atoms. The molecule has 3 aromatic rings. The van der Waals surface area contributed by atoms with E-state index in [1.54, 1.807) is 11.1 Å². The molecule has 0 saturated carbocycles. The molecule has 1 aliphatic heterocycles. The molecule has 22 heavy (non-hydrogen) atoms. The minimum absolute atomic E-state index is 1.10. The van der Waals surface area contributed by atoms with Gasteiger partial charge in [-0.1, -0.05) is 42.5 Å². The maximum Gasteiger partial charge on any atom is 0.213 e. The number of aromatic nitrogens is 1. The number of hydrogen-bond donors (Lipinski definition) is 0. The highest BCUT2D eigenvalue weighted by molar-refractivity contribution is 5.94. The summed E-state index contributed by atoms with van der Waals surface area (Å²) in [7, 11) is 0. The summed E-state index contributed by atoms with van der Waals surface area (Å²) in [4.78, 5) is 0. The van der Waals surface area contributed by atoms with Gasteiger partial charge < -0.3 is 0 Å². The summed E-state index contributed by atoms with van der Waals surface area (Å²) in [6, 6.07) is 22.1. The Bertz CT molecular complexity index is 919. The summed E-state index contributed by atoms with van der Waals surface area (Å²) in [6.07, 6.45) is 3.87. The molecular weight excluding hydrogens is 266 g/mol. The average Bonchev–Trinajstić information content (AvgIpc) is 3.16. The van der Waals surface area contributed by atoms with E-state index in [1.165, 1.54) is 47.0 Å². The predicted molar refractivity (Wildman–Crippen MR) is 90.4 cm³/mol. The zero-order valence-electron chi connectivity index (χ0n) is 12.5. The van der Waals surface area contributed by atoms with Crippen molar-refractivity contribution >= 4 is 16.5 Å². The van der Waals surface area contributed by atoms with Gasteiger partial charge in [-0.2, -0.15) is 4.57 Å². The van der Waals surface area contributed by atoms with Crippen LogP contribution in [0.3, 0.4) is 0 Å². The molecule has 1 nitrogen and oxygen atoms in total. The van der Waals surface area contributed by atoms with Gasteiger partial charge in [0, 0.05) is 28.8 Å². The maximum absolute atomic E-state index is 2.52. The highest BCUT2D eigenvalue weighted by Crippen LogP contribution is 2.39. The molecule has 2 aliphatic rings. The standard InChI is InChI=1S/C21H18N/c1-2-7-15(8-3-1)19-13-21-17-11-6-9-16(17)14-22(21)20-12-5-4-10-18(19)20/h1-5,7-8,10,12-13H,6,9,11,14H2/q+1. The molecular formula is C21H18N+. The summed E-state index contributed by atoms with van der Waals surface area (Å²) in [5.41, 5.74) is 8.77. The molecule has 0 fully saturated rings. The quantitative estimate of drug-likeness (QED) is 0.568. The van der Waals surface area contributed by atoms with Crippen LogP contribution < -0.4 is 4.57 Å². The molecule has 0 amide bonds. The molecule has 5 rings (SSSR count). The van der Waals surface area contributed by atoms with Crippen LogP contribution in [0.15, 0.2) is 66.2 Å². The van der Waals surface area contributed by atoms with E-state index in [9.17, 15) is 0 Å². The molecule has 1 aromatic heterocycles. The predicted octanol–water partition coefficient (Wildman–Crippen LogP) is 4.75. The highest BCUT2D eigenvalue weighted by atomic mass is 15.0. The van der Waals surface area contributed by atoms with E-state index in [0.29, 0.717) is 0 Å². The fourth-order valence-corrected chi connectivity index (χ4v) is 4.12. The SMILES string of the molecule is c1ccc(-c2cc3[n+](c4ccccc24)CC2=C3CCC2)cc1. The minimum atomic E-state index is 1.10. The first-order valence-corrected chi connectivity index (χ1v) is 8.14. The topological polar surface area (TPSA) is 3.88 Å². The van der Waals surface area contributed by atoms with Crippen LogP contribution in [-0.4, -0.2) is 0 Å². The van der Waals surface area contributed by atoms with Crippen LogP contribution in [0.4, 0.5) is 0 Å². The molecule has 0 spiro atoms. The highest BCUT2D eigenvalue weighted by Gasteiger charge is 2.34. The Hall–Kier alpha value is -2.41. The fraction of sp³-hybridized carbons (Fsp3) is 0.190. The molecule has 0 unspecified atom stereocenters. The van der Waals surface area contributed by atoms with Gasteiger partial charge in [-0.3, -0.25) is 0 Å². The van der Waals surface area contributed by atoms with Crippen molar-refractivity contribution in [1.82, 2.24) is 0 Å². The number of benzene rings is 2. The zero-order valence-corrected chi connectivity index (χ0v) is 12.5. The second kappa shape index (κ2) is 4.54. The maximum atomic E-state index is 2.52. The molecule has 0 radical (unpaired) electrons. The van der Waals surface area contributed by atoms with E-state index in [2.05, 4.69) is 65.2 Å². The van der Waals surface area contributed by atoms with Crippen LogP contribution in [0.25, 0.3) is 27.6 Å². The number of allylic oxidation sites excluding steroid dienone is 2. The second-order valence-electron chi connectivity index (χ2n) is 6.35. The fourth-order valence-electron chi connectivity index (χ4n) is 4.12. The van der Waals surface area contributed by atoms with Crippen molar-refractivity contribution in [3.63, 3.8) is 0 Å². The van der Waals surface area contributed by atoms with Crippen LogP contribution in [0, 0.1) is 0 Å². The van der Waals surface area contributed by atoms with Crippen molar-refractivity contribution in [1.29, 1.82) is 0 Å². The van der Waals surface area contributed by atoms with Crippen molar-refractivity contribution in [3.05, 3.63) is 71.9 Å². The molecule has 0 saturated heterocycles. The molecule has 106 valence electrons. The van der Waals surface area contributed by atoms with Crippen molar-refractivity contribution in [2.75, 3.05) is 0 Å². The van der Waals surface area contributed by atoms with Crippen LogP contribution in [-0.2, 0) is 6.54 Å². The summed E-state index contributed by atoms with van der Waals surface area (Å²) < 4.78 is 2.52. The third-order valence-electron chi connectivity index (χ3n) is 5.13. The summed E-state index contributed by atoms with van der Waals surface area (Å²) in [6.45, 7) is 1.10. The molecule has 2 heterocycles. The Labute approximate surface area is 130 Å². The Morgan fingerprint density at radius 3 is 2.55 bits per heavy atom. The Kier molecular flexibility index (Phi) is 2.51. The van der Waals surface area contributed by atoms with Crippen LogP contribution >= 0.6 is 0 Å². The van der Waals surface area contributed by atoms with Gasteiger partial charge in [0.25, 0.3) is 0 Å². The lowest BCUT2D eigenvalue weighted by atomic mass is 9.98. The number of nitrogens with zero attached hydrogens (tertiary/aromatic N) is 1. The normalized spacial score (nSPS) is 16.2. The lowest BCUT2D eigenvalue weighted by Crippen LogP contribution is -2.36. The van der Waals surface area contributed by atoms with Crippen LogP contribution in [0.1, 0.15) is 25.0 Å². The molecule has 0 N–H and O–H groups in total. The summed E-state index contributed by atoms with van der Waals surface area (Å²) in [5, 5.41) is 1.36. The monoisotopic (exact) mass is 284 g/mol. The molecule has 0 atom stereocenters. The van der Waals surface area contributed by atoms with Gasteiger partial charge in [0.1, 0.15) is 0 Å². The lowest BCUT2D eigenvalue weighted by Gasteiger charge is -2.09. The van der Waals surface area contributed by atoms with Gasteiger partial charge in [0.15, 0.2) is 6.54 Å². The number of hydrogen-bond acceptors (Lipinski definition) is 0. The van der Waals surface area contributed by atoms with Crippen molar-refractivity contribution < 1.29 is 4.57 Å². The largest absolute Gasteiger partial charge is 0.213 e. The van der Waals surface area contributed by atoms with E-state index in [4.69, 9.17) is 0 Å². The average molecular weight is 284 g/mol. The number of para-hydroxylation sites is 1. The summed E-state index contributed by atoms with van der Waals surface area (Å²) in [5.74, 6) is 0. The Balaban J connectivity index is 1.86. The molecule has 1 heteroatoms. The zero-order chi connectivity index (χ0) is 14.5. The first-order chi connectivity index (χ1) is 10.9. The van der Waals surface area contributed by atoms with Gasteiger partial charge in [0.05, 0.1) is 5.39 Å². The minimum Gasteiger partial charge on any atom is -0.187 e. The van der Waals surface area contributed by atoms with Gasteiger partial charge >= 0.3 is 0 Å². The Morgan fingerprint density at radius 2 is 1.64 bits per heavy atom. The van der Waals surface area contributed by atoms with Gasteiger partial charge in [-0.05, 0) is 30.9 Å². The van der Waals surface area contributed by atoms with E-state index in [1.807, 2.05) is 0 Å². The van der Waals surface area contributed by atoms with Gasteiger partial charge in [-0.15, -0.1) is 0 Å². The third-order valence-corrected chi connectivity index (χ3v) is 5.13. The number of pyridine rings is 1. The second-order valence-corrected chi connectivity index (χ2v) is 6.35. The molecule has 1 aliphatic carbocycles. The van der Waals surface area contributed by atoms with Crippen molar-refractivity contribution in [3.8, 4) is 11.1 Å².